The molecule has 8 heteroatoms. The monoisotopic (exact) mass is 468 g/mol. The number of fused-ring (bicyclic) bond motifs is 1. The van der Waals surface area contributed by atoms with Crippen LogP contribution >= 0.6 is 0 Å². The van der Waals surface area contributed by atoms with Crippen LogP contribution < -0.4 is 5.32 Å². The van der Waals surface area contributed by atoms with E-state index in [1.807, 2.05) is 59.3 Å². The lowest BCUT2D eigenvalue weighted by Crippen LogP contribution is -2.45. The molecule has 1 N–H and O–H groups in total. The fourth-order valence-corrected chi connectivity index (χ4v) is 3.79. The van der Waals surface area contributed by atoms with Gasteiger partial charge in [0, 0.05) is 43.5 Å². The Morgan fingerprint density at radius 3 is 2.21 bits per heavy atom. The van der Waals surface area contributed by atoms with E-state index in [9.17, 15) is 9.59 Å². The van der Waals surface area contributed by atoms with E-state index in [-0.39, 0.29) is 6.42 Å². The summed E-state index contributed by atoms with van der Waals surface area (Å²) in [6, 6.07) is 14.9. The van der Waals surface area contributed by atoms with Gasteiger partial charge >= 0.3 is 12.1 Å². The van der Waals surface area contributed by atoms with Crippen LogP contribution in [0, 0.1) is 0 Å². The first kappa shape index (κ1) is 25.3. The predicted molar refractivity (Wildman–Crippen MR) is 129 cm³/mol. The molecule has 3 rings (SSSR count). The summed E-state index contributed by atoms with van der Waals surface area (Å²) >= 11 is 0. The highest BCUT2D eigenvalue weighted by Gasteiger charge is 2.26. The lowest BCUT2D eigenvalue weighted by molar-refractivity contribution is -0.143. The molecule has 0 fully saturated rings. The molecule has 0 bridgehead atoms. The third kappa shape index (κ3) is 5.95. The Labute approximate surface area is 199 Å². The lowest BCUT2D eigenvalue weighted by Gasteiger charge is -2.22. The number of rotatable bonds is 8. The lowest BCUT2D eigenvalue weighted by atomic mass is 10.1. The SMILES string of the molecule is COC(=O)[C@H](Cc1cn(-c2ccc(C(OC)OC)cc2)c2ccccc12)NC(=O)OC(C)(C)C. The molecule has 0 radical (unpaired) electrons. The molecule has 1 aromatic heterocycles. The smallest absolute Gasteiger partial charge is 0.408 e. The number of benzene rings is 2. The van der Waals surface area contributed by atoms with Gasteiger partial charge in [0.25, 0.3) is 0 Å². The number of methoxy groups -OCH3 is 3. The Hall–Kier alpha value is -3.36. The Kier molecular flexibility index (Phi) is 7.96. The number of carbonyl (C=O) groups is 2. The zero-order chi connectivity index (χ0) is 24.9. The van der Waals surface area contributed by atoms with Crippen LogP contribution in [0.15, 0.2) is 54.7 Å². The first-order valence-electron chi connectivity index (χ1n) is 11.0. The first-order chi connectivity index (χ1) is 16.2. The van der Waals surface area contributed by atoms with E-state index < -0.39 is 30.0 Å². The number of hydrogen-bond acceptors (Lipinski definition) is 6. The summed E-state index contributed by atoms with van der Waals surface area (Å²) in [4.78, 5) is 24.8. The van der Waals surface area contributed by atoms with Gasteiger partial charge in [-0.25, -0.2) is 9.59 Å². The second kappa shape index (κ2) is 10.7. The maximum atomic E-state index is 12.5. The van der Waals surface area contributed by atoms with Crippen molar-refractivity contribution in [2.45, 2.75) is 45.1 Å². The van der Waals surface area contributed by atoms with E-state index in [0.717, 1.165) is 27.7 Å². The van der Waals surface area contributed by atoms with Gasteiger partial charge in [0.05, 0.1) is 12.6 Å². The molecule has 0 aliphatic rings. The molecule has 0 saturated carbocycles. The highest BCUT2D eigenvalue weighted by atomic mass is 16.7. The van der Waals surface area contributed by atoms with Crippen molar-refractivity contribution >= 4 is 23.0 Å². The molecule has 1 heterocycles. The molecule has 8 nitrogen and oxygen atoms in total. The van der Waals surface area contributed by atoms with Crippen molar-refractivity contribution in [3.63, 3.8) is 0 Å². The van der Waals surface area contributed by atoms with Gasteiger partial charge < -0.3 is 28.8 Å². The van der Waals surface area contributed by atoms with E-state index >= 15 is 0 Å². The van der Waals surface area contributed by atoms with Gasteiger partial charge in [-0.15, -0.1) is 0 Å². The van der Waals surface area contributed by atoms with Crippen LogP contribution in [0.4, 0.5) is 4.79 Å². The second-order valence-electron chi connectivity index (χ2n) is 8.86. The second-order valence-corrected chi connectivity index (χ2v) is 8.86. The van der Waals surface area contributed by atoms with Crippen molar-refractivity contribution in [3.05, 3.63) is 65.9 Å². The van der Waals surface area contributed by atoms with Gasteiger partial charge in [-0.1, -0.05) is 30.3 Å². The summed E-state index contributed by atoms with van der Waals surface area (Å²) < 4.78 is 23.0. The molecule has 1 atom stereocenters. The number of ether oxygens (including phenoxy) is 4. The molecule has 0 unspecified atom stereocenters. The van der Waals surface area contributed by atoms with Gasteiger partial charge in [0.1, 0.15) is 11.6 Å². The number of carbonyl (C=O) groups excluding carboxylic acids is 2. The molecular weight excluding hydrogens is 436 g/mol. The number of nitrogens with zero attached hydrogens (tertiary/aromatic N) is 1. The molecule has 0 aliphatic heterocycles. The molecular formula is C26H32N2O6. The predicted octanol–water partition coefficient (Wildman–Crippen LogP) is 4.53. The third-order valence-corrected chi connectivity index (χ3v) is 5.27. The van der Waals surface area contributed by atoms with Crippen molar-refractivity contribution in [3.8, 4) is 5.69 Å². The van der Waals surface area contributed by atoms with Gasteiger partial charge in [-0.05, 0) is 44.5 Å². The molecule has 0 saturated heterocycles. The maximum absolute atomic E-state index is 12.5. The standard InChI is InChI=1S/C26H32N2O6/c1-26(2,3)34-25(30)27-21(23(29)31-4)15-18-16-28(22-10-8-7-9-20(18)22)19-13-11-17(12-14-19)24(32-5)33-6/h7-14,16,21,24H,15H2,1-6H3,(H,27,30)/t21-/m0/s1. The van der Waals surface area contributed by atoms with E-state index in [4.69, 9.17) is 18.9 Å². The maximum Gasteiger partial charge on any atom is 0.408 e. The van der Waals surface area contributed by atoms with Crippen LogP contribution in [0.5, 0.6) is 0 Å². The van der Waals surface area contributed by atoms with Gasteiger partial charge in [-0.2, -0.15) is 0 Å². The number of aromatic nitrogens is 1. The molecule has 0 spiro atoms. The fraction of sp³-hybridized carbons (Fsp3) is 0.385. The van der Waals surface area contributed by atoms with Crippen molar-refractivity contribution in [1.82, 2.24) is 9.88 Å². The van der Waals surface area contributed by atoms with Gasteiger partial charge in [0.2, 0.25) is 0 Å². The summed E-state index contributed by atoms with van der Waals surface area (Å²) in [6.07, 6.45) is 1.10. The average Bonchev–Trinajstić information content (AvgIpc) is 3.16. The largest absolute Gasteiger partial charge is 0.467 e. The molecule has 1 amide bonds. The Balaban J connectivity index is 1.94. The molecule has 182 valence electrons. The highest BCUT2D eigenvalue weighted by Crippen LogP contribution is 2.27. The number of hydrogen-bond donors (Lipinski definition) is 1. The summed E-state index contributed by atoms with van der Waals surface area (Å²) in [5, 5.41) is 3.62. The number of para-hydroxylation sites is 1. The Morgan fingerprint density at radius 1 is 0.971 bits per heavy atom. The Morgan fingerprint density at radius 2 is 1.62 bits per heavy atom. The van der Waals surface area contributed by atoms with Crippen LogP contribution in [0.2, 0.25) is 0 Å². The highest BCUT2D eigenvalue weighted by molar-refractivity contribution is 5.87. The first-order valence-corrected chi connectivity index (χ1v) is 11.0. The molecule has 2 aromatic carbocycles. The summed E-state index contributed by atoms with van der Waals surface area (Å²) in [5.74, 6) is -0.544. The summed E-state index contributed by atoms with van der Waals surface area (Å²) in [6.45, 7) is 5.29. The van der Waals surface area contributed by atoms with Crippen LogP contribution in [0.25, 0.3) is 16.6 Å². The molecule has 34 heavy (non-hydrogen) atoms. The zero-order valence-corrected chi connectivity index (χ0v) is 20.5. The van der Waals surface area contributed by atoms with Crippen LogP contribution in [0.3, 0.4) is 0 Å². The van der Waals surface area contributed by atoms with E-state index in [0.29, 0.717) is 0 Å². The number of amides is 1. The summed E-state index contributed by atoms with van der Waals surface area (Å²) in [7, 11) is 4.48. The number of nitrogens with one attached hydrogen (secondary N) is 1. The third-order valence-electron chi connectivity index (χ3n) is 5.27. The van der Waals surface area contributed by atoms with Crippen LogP contribution in [-0.2, 0) is 30.2 Å². The average molecular weight is 469 g/mol. The minimum absolute atomic E-state index is 0.243. The molecule has 0 aliphatic carbocycles. The minimum Gasteiger partial charge on any atom is -0.467 e. The zero-order valence-electron chi connectivity index (χ0n) is 20.5. The van der Waals surface area contributed by atoms with Crippen molar-refractivity contribution in [2.75, 3.05) is 21.3 Å². The van der Waals surface area contributed by atoms with Crippen LogP contribution in [0.1, 0.15) is 38.2 Å². The van der Waals surface area contributed by atoms with Gasteiger partial charge in [0.15, 0.2) is 6.29 Å². The normalized spacial score (nSPS) is 12.6. The topological polar surface area (TPSA) is 88.0 Å². The van der Waals surface area contributed by atoms with E-state index in [1.54, 1.807) is 35.0 Å². The minimum atomic E-state index is -0.898. The van der Waals surface area contributed by atoms with Crippen molar-refractivity contribution in [1.29, 1.82) is 0 Å². The molecule has 3 aromatic rings. The van der Waals surface area contributed by atoms with Crippen LogP contribution in [-0.4, -0.2) is 49.6 Å². The number of alkyl carbamates (subject to hydrolysis) is 1. The van der Waals surface area contributed by atoms with Gasteiger partial charge in [-0.3, -0.25) is 0 Å². The van der Waals surface area contributed by atoms with Crippen molar-refractivity contribution in [2.24, 2.45) is 0 Å². The number of esters is 1. The quantitative estimate of drug-likeness (QED) is 0.386. The van der Waals surface area contributed by atoms with E-state index in [1.165, 1.54) is 7.11 Å². The summed E-state index contributed by atoms with van der Waals surface area (Å²) in [5.41, 5.74) is 3.01. The fourth-order valence-electron chi connectivity index (χ4n) is 3.79. The van der Waals surface area contributed by atoms with Crippen molar-refractivity contribution < 1.29 is 28.5 Å². The Bertz CT molecular complexity index is 1130. The van der Waals surface area contributed by atoms with E-state index in [2.05, 4.69) is 5.32 Å².